The monoisotopic (exact) mass is 432 g/mol. The van der Waals surface area contributed by atoms with Crippen molar-refractivity contribution in [2.24, 2.45) is 40.4 Å². The second kappa shape index (κ2) is 8.28. The summed E-state index contributed by atoms with van der Waals surface area (Å²) in [5, 5.41) is 19.7. The summed E-state index contributed by atoms with van der Waals surface area (Å²) in [6, 6.07) is 6.08. The largest absolute Gasteiger partial charge is 0.393 e. The van der Waals surface area contributed by atoms with E-state index in [9.17, 15) is 10.4 Å². The summed E-state index contributed by atoms with van der Waals surface area (Å²) >= 11 is 0. The van der Waals surface area contributed by atoms with Gasteiger partial charge in [-0.2, -0.15) is 5.26 Å². The van der Waals surface area contributed by atoms with Crippen molar-refractivity contribution in [3.63, 3.8) is 0 Å². The summed E-state index contributed by atoms with van der Waals surface area (Å²) in [4.78, 5) is 4.51. The van der Waals surface area contributed by atoms with Gasteiger partial charge >= 0.3 is 0 Å². The topological polar surface area (TPSA) is 56.9 Å². The summed E-state index contributed by atoms with van der Waals surface area (Å²) in [5.74, 6) is 3.95. The maximum absolute atomic E-state index is 10.2. The number of pyridine rings is 1. The predicted molar refractivity (Wildman–Crippen MR) is 128 cm³/mol. The van der Waals surface area contributed by atoms with E-state index in [1.54, 1.807) is 5.57 Å². The molecule has 4 aliphatic rings. The highest BCUT2D eigenvalue weighted by molar-refractivity contribution is 5.32. The van der Waals surface area contributed by atoms with Gasteiger partial charge in [0.25, 0.3) is 0 Å². The molecule has 1 aromatic rings. The smallest absolute Gasteiger partial charge is 0.101 e. The van der Waals surface area contributed by atoms with Gasteiger partial charge in [0.2, 0.25) is 0 Å². The minimum Gasteiger partial charge on any atom is -0.393 e. The molecular weight excluding hydrogens is 392 g/mol. The normalized spacial score (nSPS) is 41.6. The van der Waals surface area contributed by atoms with Crippen molar-refractivity contribution >= 4 is 0 Å². The molecule has 0 saturated heterocycles. The van der Waals surface area contributed by atoms with Gasteiger partial charge in [-0.05, 0) is 117 Å². The van der Waals surface area contributed by atoms with Gasteiger partial charge in [0.1, 0.15) is 6.07 Å². The molecule has 0 spiro atoms. The Morgan fingerprint density at radius 1 is 1.19 bits per heavy atom. The molecule has 172 valence electrons. The van der Waals surface area contributed by atoms with Crippen molar-refractivity contribution in [3.8, 4) is 6.07 Å². The fourth-order valence-electron chi connectivity index (χ4n) is 8.92. The van der Waals surface area contributed by atoms with E-state index in [1.807, 2.05) is 18.3 Å². The number of hydrogen-bond donors (Lipinski definition) is 1. The number of nitrogens with zero attached hydrogens (tertiary/aromatic N) is 2. The van der Waals surface area contributed by atoms with Gasteiger partial charge in [-0.1, -0.05) is 32.4 Å². The summed E-state index contributed by atoms with van der Waals surface area (Å²) < 4.78 is 0. The molecule has 0 aromatic carbocycles. The van der Waals surface area contributed by atoms with Crippen LogP contribution in [0, 0.1) is 51.8 Å². The van der Waals surface area contributed by atoms with Crippen LogP contribution < -0.4 is 0 Å². The van der Waals surface area contributed by atoms with E-state index >= 15 is 0 Å². The van der Waals surface area contributed by atoms with Crippen LogP contribution in [0.5, 0.6) is 0 Å². The van der Waals surface area contributed by atoms with E-state index in [0.717, 1.165) is 60.6 Å². The van der Waals surface area contributed by atoms with Crippen LogP contribution >= 0.6 is 0 Å². The minimum atomic E-state index is -0.114. The summed E-state index contributed by atoms with van der Waals surface area (Å²) in [6.45, 7) is 7.61. The van der Waals surface area contributed by atoms with Crippen LogP contribution in [0.1, 0.15) is 89.8 Å². The first kappa shape index (κ1) is 22.1. The Bertz CT molecular complexity index is 931. The molecule has 1 heterocycles. The quantitative estimate of drug-likeness (QED) is 0.555. The first-order chi connectivity index (χ1) is 15.4. The number of fused-ring (bicyclic) bond motifs is 5. The Hall–Kier alpha value is -1.66. The Kier molecular flexibility index (Phi) is 5.73. The highest BCUT2D eigenvalue weighted by atomic mass is 16.3. The van der Waals surface area contributed by atoms with E-state index in [0.29, 0.717) is 16.7 Å². The van der Waals surface area contributed by atoms with Crippen LogP contribution in [0.25, 0.3) is 0 Å². The summed E-state index contributed by atoms with van der Waals surface area (Å²) in [7, 11) is 0. The Morgan fingerprint density at radius 3 is 2.84 bits per heavy atom. The molecule has 5 rings (SSSR count). The van der Waals surface area contributed by atoms with E-state index < -0.39 is 0 Å². The highest BCUT2D eigenvalue weighted by Crippen LogP contribution is 2.67. The number of aliphatic hydroxyl groups excluding tert-OH is 1. The number of allylic oxidation sites excluding steroid dienone is 1. The molecule has 0 radical (unpaired) electrons. The first-order valence-corrected chi connectivity index (χ1v) is 13.1. The lowest BCUT2D eigenvalue weighted by Crippen LogP contribution is -2.50. The van der Waals surface area contributed by atoms with Crippen LogP contribution in [-0.4, -0.2) is 16.2 Å². The average Bonchev–Trinajstić information content (AvgIpc) is 3.15. The molecule has 3 fully saturated rings. The third-order valence-corrected chi connectivity index (χ3v) is 10.7. The number of nitriles is 1. The second-order valence-electron chi connectivity index (χ2n) is 12.0. The fourth-order valence-corrected chi connectivity index (χ4v) is 8.92. The van der Waals surface area contributed by atoms with Gasteiger partial charge < -0.3 is 5.11 Å². The minimum absolute atomic E-state index is 0.114. The predicted octanol–water partition coefficient (Wildman–Crippen LogP) is 6.46. The number of hydrogen-bond acceptors (Lipinski definition) is 3. The van der Waals surface area contributed by atoms with Crippen LogP contribution in [0.3, 0.4) is 0 Å². The molecule has 0 aliphatic heterocycles. The van der Waals surface area contributed by atoms with Crippen molar-refractivity contribution in [2.75, 3.05) is 0 Å². The molecule has 1 aromatic heterocycles. The average molecular weight is 433 g/mol. The molecule has 0 unspecified atom stereocenters. The maximum atomic E-state index is 10.2. The summed E-state index contributed by atoms with van der Waals surface area (Å²) in [6.07, 6.45) is 16.1. The fraction of sp³-hybridized carbons (Fsp3) is 0.724. The van der Waals surface area contributed by atoms with Crippen molar-refractivity contribution in [1.82, 2.24) is 4.98 Å². The Labute approximate surface area is 194 Å². The van der Waals surface area contributed by atoms with Gasteiger partial charge in [0.05, 0.1) is 17.4 Å². The molecule has 3 saturated carbocycles. The second-order valence-corrected chi connectivity index (χ2v) is 12.0. The third kappa shape index (κ3) is 3.45. The number of rotatable bonds is 4. The van der Waals surface area contributed by atoms with Crippen LogP contribution in [0.15, 0.2) is 30.0 Å². The van der Waals surface area contributed by atoms with E-state index in [2.05, 4.69) is 37.9 Å². The zero-order valence-electron chi connectivity index (χ0n) is 20.2. The van der Waals surface area contributed by atoms with Crippen LogP contribution in [0.2, 0.25) is 0 Å². The van der Waals surface area contributed by atoms with E-state index in [4.69, 9.17) is 0 Å². The molecule has 4 aliphatic carbocycles. The van der Waals surface area contributed by atoms with E-state index in [-0.39, 0.29) is 6.10 Å². The van der Waals surface area contributed by atoms with Crippen LogP contribution in [0.4, 0.5) is 0 Å². The third-order valence-electron chi connectivity index (χ3n) is 10.7. The van der Waals surface area contributed by atoms with Gasteiger partial charge in [-0.25, -0.2) is 0 Å². The van der Waals surface area contributed by atoms with Gasteiger partial charge in [-0.3, -0.25) is 4.98 Å². The SMILES string of the molecule is C[C@H](CCc1ncccc1C#N)[C@H]1CC[C@H]2[C@@H]3CC=C4C[C@@H](O)CC[C@]4(C)[C@H]3CC[C@]12C. The Morgan fingerprint density at radius 2 is 2.03 bits per heavy atom. The number of aryl methyl sites for hydroxylation is 1. The number of aromatic nitrogens is 1. The Balaban J connectivity index is 1.31. The van der Waals surface area contributed by atoms with E-state index in [1.165, 1.54) is 38.5 Å². The van der Waals surface area contributed by atoms with Gasteiger partial charge in [0, 0.05) is 6.20 Å². The lowest BCUT2D eigenvalue weighted by Gasteiger charge is -2.58. The maximum Gasteiger partial charge on any atom is 0.101 e. The molecule has 0 bridgehead atoms. The molecule has 8 atom stereocenters. The van der Waals surface area contributed by atoms with Crippen molar-refractivity contribution in [2.45, 2.75) is 91.1 Å². The lowest BCUT2D eigenvalue weighted by atomic mass is 9.47. The first-order valence-electron chi connectivity index (χ1n) is 13.1. The molecule has 32 heavy (non-hydrogen) atoms. The lowest BCUT2D eigenvalue weighted by molar-refractivity contribution is -0.0571. The zero-order chi connectivity index (χ0) is 22.5. The summed E-state index contributed by atoms with van der Waals surface area (Å²) in [5.41, 5.74) is 4.08. The van der Waals surface area contributed by atoms with Crippen molar-refractivity contribution < 1.29 is 5.11 Å². The molecule has 3 heteroatoms. The molecule has 3 nitrogen and oxygen atoms in total. The molecule has 0 amide bonds. The molecular formula is C29H40N2O. The molecule has 1 N–H and O–H groups in total. The highest BCUT2D eigenvalue weighted by Gasteiger charge is 2.59. The van der Waals surface area contributed by atoms with Crippen molar-refractivity contribution in [3.05, 3.63) is 41.2 Å². The standard InChI is InChI=1S/C29H40N2O/c1-19(6-11-27-20(18-30)5-4-16-31-27)24-9-10-25-23-8-7-21-17-22(32)12-14-28(21,2)26(23)13-15-29(24,25)3/h4-5,7,16,19,22-26,32H,6,8-15,17H2,1-3H3/t19-,22+,23+,24-,25+,26+,28+,29-/m1/s1. The van der Waals surface area contributed by atoms with Gasteiger partial charge in [-0.15, -0.1) is 0 Å². The van der Waals surface area contributed by atoms with Crippen molar-refractivity contribution in [1.29, 1.82) is 5.26 Å². The number of aliphatic hydroxyl groups is 1. The van der Waals surface area contributed by atoms with Crippen LogP contribution in [-0.2, 0) is 6.42 Å². The zero-order valence-corrected chi connectivity index (χ0v) is 20.2. The van der Waals surface area contributed by atoms with Gasteiger partial charge in [0.15, 0.2) is 0 Å².